The zero-order valence-corrected chi connectivity index (χ0v) is 12.5. The van der Waals surface area contributed by atoms with Crippen molar-refractivity contribution in [2.24, 2.45) is 0 Å². The SMILES string of the molecule is Cc1nc(NC(=O)CCCCBr)c(Cl)cc1Cl. The Bertz CT molecular complexity index is 413. The zero-order chi connectivity index (χ0) is 12.8. The van der Waals surface area contributed by atoms with Crippen molar-refractivity contribution in [2.75, 3.05) is 10.6 Å². The van der Waals surface area contributed by atoms with E-state index in [-0.39, 0.29) is 5.91 Å². The van der Waals surface area contributed by atoms with Crippen LogP contribution in [0.15, 0.2) is 6.07 Å². The lowest BCUT2D eigenvalue weighted by Crippen LogP contribution is -2.13. The van der Waals surface area contributed by atoms with E-state index in [0.717, 1.165) is 18.2 Å². The molecule has 0 saturated carbocycles. The van der Waals surface area contributed by atoms with Gasteiger partial charge >= 0.3 is 0 Å². The average Bonchev–Trinajstić information content (AvgIpc) is 2.26. The van der Waals surface area contributed by atoms with Gasteiger partial charge in [-0.05, 0) is 25.8 Å². The standard InChI is InChI=1S/C11H13BrCl2N2O/c1-7-8(13)6-9(14)11(15-7)16-10(17)4-2-3-5-12/h6H,2-5H2,1H3,(H,15,16,17). The van der Waals surface area contributed by atoms with Crippen molar-refractivity contribution in [3.05, 3.63) is 21.8 Å². The van der Waals surface area contributed by atoms with E-state index in [1.165, 1.54) is 0 Å². The van der Waals surface area contributed by atoms with Crippen molar-refractivity contribution in [1.82, 2.24) is 4.98 Å². The van der Waals surface area contributed by atoms with Gasteiger partial charge in [-0.2, -0.15) is 0 Å². The molecule has 17 heavy (non-hydrogen) atoms. The van der Waals surface area contributed by atoms with Gasteiger partial charge < -0.3 is 5.32 Å². The highest BCUT2D eigenvalue weighted by Gasteiger charge is 2.09. The van der Waals surface area contributed by atoms with E-state index in [1.54, 1.807) is 13.0 Å². The Morgan fingerprint density at radius 2 is 2.12 bits per heavy atom. The van der Waals surface area contributed by atoms with Crippen molar-refractivity contribution in [2.45, 2.75) is 26.2 Å². The van der Waals surface area contributed by atoms with E-state index >= 15 is 0 Å². The summed E-state index contributed by atoms with van der Waals surface area (Å²) in [5, 5.41) is 4.43. The molecule has 3 nitrogen and oxygen atoms in total. The second kappa shape index (κ2) is 7.19. The monoisotopic (exact) mass is 338 g/mol. The minimum absolute atomic E-state index is 0.0814. The molecule has 0 aliphatic rings. The summed E-state index contributed by atoms with van der Waals surface area (Å²) in [4.78, 5) is 15.7. The number of anilines is 1. The van der Waals surface area contributed by atoms with Crippen LogP contribution in [0.1, 0.15) is 25.0 Å². The summed E-state index contributed by atoms with van der Waals surface area (Å²) >= 11 is 15.1. The van der Waals surface area contributed by atoms with Crippen LogP contribution in [0.5, 0.6) is 0 Å². The molecule has 0 saturated heterocycles. The van der Waals surface area contributed by atoms with Gasteiger partial charge in [-0.1, -0.05) is 39.1 Å². The predicted molar refractivity (Wildman–Crippen MR) is 75.3 cm³/mol. The second-order valence-electron chi connectivity index (χ2n) is 3.58. The molecule has 0 unspecified atom stereocenters. The molecule has 0 radical (unpaired) electrons. The fourth-order valence-corrected chi connectivity index (χ4v) is 2.02. The van der Waals surface area contributed by atoms with E-state index in [1.807, 2.05) is 0 Å². The highest BCUT2D eigenvalue weighted by atomic mass is 79.9. The van der Waals surface area contributed by atoms with Crippen LogP contribution in [0.2, 0.25) is 10.0 Å². The first kappa shape index (κ1) is 14.7. The third kappa shape index (κ3) is 4.82. The van der Waals surface area contributed by atoms with Gasteiger partial charge in [-0.3, -0.25) is 4.79 Å². The lowest BCUT2D eigenvalue weighted by Gasteiger charge is -2.08. The fraction of sp³-hybridized carbons (Fsp3) is 0.455. The number of carbonyl (C=O) groups excluding carboxylic acids is 1. The van der Waals surface area contributed by atoms with Crippen LogP contribution in [0, 0.1) is 6.92 Å². The molecule has 1 N–H and O–H groups in total. The van der Waals surface area contributed by atoms with E-state index in [0.29, 0.717) is 28.0 Å². The smallest absolute Gasteiger partial charge is 0.225 e. The van der Waals surface area contributed by atoms with Crippen LogP contribution in [-0.4, -0.2) is 16.2 Å². The van der Waals surface area contributed by atoms with Gasteiger partial charge in [0.15, 0.2) is 5.82 Å². The highest BCUT2D eigenvalue weighted by molar-refractivity contribution is 9.09. The van der Waals surface area contributed by atoms with Crippen molar-refractivity contribution in [3.63, 3.8) is 0 Å². The first-order valence-corrected chi connectivity index (χ1v) is 7.10. The molecule has 0 fully saturated rings. The summed E-state index contributed by atoms with van der Waals surface area (Å²) in [6.45, 7) is 1.76. The van der Waals surface area contributed by atoms with Crippen LogP contribution < -0.4 is 5.32 Å². The van der Waals surface area contributed by atoms with E-state index in [2.05, 4.69) is 26.2 Å². The Balaban J connectivity index is 2.62. The van der Waals surface area contributed by atoms with E-state index in [4.69, 9.17) is 23.2 Å². The van der Waals surface area contributed by atoms with Gasteiger partial charge in [-0.25, -0.2) is 4.98 Å². The summed E-state index contributed by atoms with van der Waals surface area (Å²) in [5.41, 5.74) is 0.645. The number of nitrogens with one attached hydrogen (secondary N) is 1. The molecular weight excluding hydrogens is 327 g/mol. The van der Waals surface area contributed by atoms with Gasteiger partial charge in [0, 0.05) is 11.8 Å². The van der Waals surface area contributed by atoms with Crippen LogP contribution in [0.3, 0.4) is 0 Å². The molecule has 0 atom stereocenters. The Hall–Kier alpha value is -0.320. The van der Waals surface area contributed by atoms with E-state index < -0.39 is 0 Å². The van der Waals surface area contributed by atoms with Crippen molar-refractivity contribution < 1.29 is 4.79 Å². The van der Waals surface area contributed by atoms with Gasteiger partial charge in [0.1, 0.15) is 0 Å². The summed E-state index contributed by atoms with van der Waals surface area (Å²) in [6.07, 6.45) is 2.26. The molecule has 6 heteroatoms. The average molecular weight is 340 g/mol. The topological polar surface area (TPSA) is 42.0 Å². The van der Waals surface area contributed by atoms with Crippen molar-refractivity contribution >= 4 is 50.9 Å². The number of nitrogens with zero attached hydrogens (tertiary/aromatic N) is 1. The first-order chi connectivity index (χ1) is 8.04. The maximum atomic E-state index is 11.6. The highest BCUT2D eigenvalue weighted by Crippen LogP contribution is 2.25. The number of rotatable bonds is 5. The number of aromatic nitrogens is 1. The van der Waals surface area contributed by atoms with Gasteiger partial charge in [0.2, 0.25) is 5.91 Å². The minimum atomic E-state index is -0.0814. The van der Waals surface area contributed by atoms with E-state index in [9.17, 15) is 4.79 Å². The Morgan fingerprint density at radius 1 is 1.41 bits per heavy atom. The summed E-state index contributed by atoms with van der Waals surface area (Å²) in [7, 11) is 0. The quantitative estimate of drug-likeness (QED) is 0.645. The third-order valence-electron chi connectivity index (χ3n) is 2.15. The number of carbonyl (C=O) groups is 1. The number of alkyl halides is 1. The van der Waals surface area contributed by atoms with Gasteiger partial charge in [0.05, 0.1) is 15.7 Å². The molecule has 94 valence electrons. The number of halogens is 3. The lowest BCUT2D eigenvalue weighted by molar-refractivity contribution is -0.116. The first-order valence-electron chi connectivity index (χ1n) is 5.23. The number of unbranched alkanes of at least 4 members (excludes halogenated alkanes) is 1. The largest absolute Gasteiger partial charge is 0.309 e. The summed E-state index contributed by atoms with van der Waals surface area (Å²) in [5.74, 6) is 0.291. The Kier molecular flexibility index (Phi) is 6.23. The Labute approximate surface area is 119 Å². The molecule has 1 amide bonds. The third-order valence-corrected chi connectivity index (χ3v) is 3.38. The molecule has 1 aromatic heterocycles. The lowest BCUT2D eigenvalue weighted by atomic mass is 10.2. The number of amides is 1. The second-order valence-corrected chi connectivity index (χ2v) is 5.19. The molecule has 1 rings (SSSR count). The number of hydrogen-bond acceptors (Lipinski definition) is 2. The predicted octanol–water partition coefficient (Wildman–Crippen LogP) is 4.20. The van der Waals surface area contributed by atoms with Crippen LogP contribution in [0.4, 0.5) is 5.82 Å². The van der Waals surface area contributed by atoms with Gasteiger partial charge in [0.25, 0.3) is 0 Å². The minimum Gasteiger partial charge on any atom is -0.309 e. The number of aryl methyl sites for hydroxylation is 1. The Morgan fingerprint density at radius 3 is 2.76 bits per heavy atom. The summed E-state index contributed by atoms with van der Waals surface area (Å²) < 4.78 is 0. The molecule has 0 spiro atoms. The molecule has 0 bridgehead atoms. The van der Waals surface area contributed by atoms with Crippen molar-refractivity contribution in [3.8, 4) is 0 Å². The van der Waals surface area contributed by atoms with Crippen molar-refractivity contribution in [1.29, 1.82) is 0 Å². The van der Waals surface area contributed by atoms with Crippen LogP contribution in [0.25, 0.3) is 0 Å². The molecular formula is C11H13BrCl2N2O. The number of pyridine rings is 1. The van der Waals surface area contributed by atoms with Crippen LogP contribution >= 0.6 is 39.1 Å². The van der Waals surface area contributed by atoms with Gasteiger partial charge in [-0.15, -0.1) is 0 Å². The fourth-order valence-electron chi connectivity index (χ4n) is 1.22. The maximum absolute atomic E-state index is 11.6. The normalized spacial score (nSPS) is 10.4. The molecule has 1 heterocycles. The number of hydrogen-bond donors (Lipinski definition) is 1. The maximum Gasteiger partial charge on any atom is 0.225 e. The van der Waals surface area contributed by atoms with Crippen LogP contribution in [-0.2, 0) is 4.79 Å². The molecule has 0 aliphatic carbocycles. The zero-order valence-electron chi connectivity index (χ0n) is 9.40. The molecule has 0 aliphatic heterocycles. The molecule has 1 aromatic rings. The summed E-state index contributed by atoms with van der Waals surface area (Å²) in [6, 6.07) is 1.58. The molecule has 0 aromatic carbocycles.